The zero-order chi connectivity index (χ0) is 54.9. The van der Waals surface area contributed by atoms with Crippen molar-refractivity contribution in [2.24, 2.45) is 5.41 Å². The van der Waals surface area contributed by atoms with E-state index in [1.165, 1.54) is 5.57 Å². The van der Waals surface area contributed by atoms with E-state index in [1.54, 1.807) is 19.3 Å². The van der Waals surface area contributed by atoms with Crippen molar-refractivity contribution in [3.05, 3.63) is 176 Å². The first-order valence-electron chi connectivity index (χ1n) is 24.8. The fourth-order valence-electron chi connectivity index (χ4n) is 7.24. The highest BCUT2D eigenvalue weighted by Crippen LogP contribution is 2.27. The Morgan fingerprint density at radius 1 is 0.770 bits per heavy atom. The number of ether oxygens (including phenoxy) is 2. The number of aliphatic hydroxyl groups is 1. The number of anilines is 1. The van der Waals surface area contributed by atoms with E-state index in [1.807, 2.05) is 135 Å². The van der Waals surface area contributed by atoms with Gasteiger partial charge in [0.05, 0.1) is 31.8 Å². The maximum absolute atomic E-state index is 8.85. The van der Waals surface area contributed by atoms with Gasteiger partial charge in [0.15, 0.2) is 6.10 Å². The SMILES string of the molecule is CC1(CNc2ccccc2)C=CC(=[N+]=[N-])C=C1.CCC1=C(NCCO)CC(=[N+]=[N-])C=C1.CCCCOC1=C(N(C)C)C=C(Cl)C(=[N+]=[N-])C1.CCN(CC)C1=CC(OC)C(=[N+]=[N-])C=C1.CN(C)C1=CCC(=[N+]=[N-])C=C1. The summed E-state index contributed by atoms with van der Waals surface area (Å²) in [6, 6.07) is 10.1. The second kappa shape index (κ2) is 34.8. The molecule has 396 valence electrons. The lowest BCUT2D eigenvalue weighted by Crippen LogP contribution is -2.29. The fourth-order valence-corrected chi connectivity index (χ4v) is 7.45. The van der Waals surface area contributed by atoms with Gasteiger partial charge in [-0.05, 0) is 80.9 Å². The lowest BCUT2D eigenvalue weighted by atomic mass is 9.86. The van der Waals surface area contributed by atoms with Gasteiger partial charge in [0.25, 0.3) is 11.4 Å². The van der Waals surface area contributed by atoms with Gasteiger partial charge in [0, 0.05) is 120 Å². The molecule has 0 spiro atoms. The second-order valence-electron chi connectivity index (χ2n) is 17.6. The molecule has 1 atom stereocenters. The number of rotatable bonds is 17. The van der Waals surface area contributed by atoms with Crippen molar-refractivity contribution >= 4 is 45.8 Å². The molecule has 19 heteroatoms. The number of nitrogens with zero attached hydrogens (tertiary/aromatic N) is 13. The zero-order valence-corrected chi connectivity index (χ0v) is 45.7. The third-order valence-electron chi connectivity index (χ3n) is 11.7. The third kappa shape index (κ3) is 21.7. The Hall–Kier alpha value is -7.47. The van der Waals surface area contributed by atoms with Crippen LogP contribution in [0.25, 0.3) is 27.7 Å². The highest BCUT2D eigenvalue weighted by Gasteiger charge is 2.27. The average Bonchev–Trinajstić information content (AvgIpc) is 3.43. The van der Waals surface area contributed by atoms with E-state index in [0.29, 0.717) is 66.0 Å². The van der Waals surface area contributed by atoms with Gasteiger partial charge in [-0.2, -0.15) is 23.9 Å². The van der Waals surface area contributed by atoms with Crippen molar-refractivity contribution in [2.45, 2.75) is 79.2 Å². The van der Waals surface area contributed by atoms with Gasteiger partial charge in [0.1, 0.15) is 17.2 Å². The quantitative estimate of drug-likeness (QED) is 0.0769. The Balaban J connectivity index is 0.000000319. The van der Waals surface area contributed by atoms with Crippen LogP contribution in [0.4, 0.5) is 5.69 Å². The summed E-state index contributed by atoms with van der Waals surface area (Å²) in [6.45, 7) is 14.6. The molecule has 6 rings (SSSR count). The van der Waals surface area contributed by atoms with Crippen LogP contribution in [0.15, 0.2) is 148 Å². The van der Waals surface area contributed by atoms with Crippen molar-refractivity contribution in [1.29, 1.82) is 0 Å². The van der Waals surface area contributed by atoms with Crippen molar-refractivity contribution in [2.75, 3.05) is 80.0 Å². The van der Waals surface area contributed by atoms with E-state index in [-0.39, 0.29) is 18.1 Å². The summed E-state index contributed by atoms with van der Waals surface area (Å²) in [5, 5.41) is 15.7. The van der Waals surface area contributed by atoms with Gasteiger partial charge in [0.2, 0.25) is 0 Å². The Morgan fingerprint density at radius 2 is 1.43 bits per heavy atom. The molecular formula is C55H76ClN15O3. The summed E-state index contributed by atoms with van der Waals surface area (Å²) in [5.41, 5.74) is 52.7. The van der Waals surface area contributed by atoms with Gasteiger partial charge < -0.3 is 67.6 Å². The summed E-state index contributed by atoms with van der Waals surface area (Å²) < 4.78 is 10.9. The molecule has 0 bridgehead atoms. The van der Waals surface area contributed by atoms with Gasteiger partial charge in [-0.1, -0.05) is 69.1 Å². The molecule has 18 nitrogen and oxygen atoms in total. The van der Waals surface area contributed by atoms with Crippen LogP contribution < -0.4 is 10.6 Å². The Kier molecular flexibility index (Phi) is 29.5. The first-order valence-corrected chi connectivity index (χ1v) is 25.1. The van der Waals surface area contributed by atoms with Crippen LogP contribution in [0.3, 0.4) is 0 Å². The molecule has 0 saturated heterocycles. The van der Waals surface area contributed by atoms with Crippen LogP contribution in [0.1, 0.15) is 73.1 Å². The van der Waals surface area contributed by atoms with E-state index < -0.39 is 0 Å². The lowest BCUT2D eigenvalue weighted by molar-refractivity contribution is -0.0187. The van der Waals surface area contributed by atoms with Gasteiger partial charge in [-0.3, -0.25) is 0 Å². The predicted molar refractivity (Wildman–Crippen MR) is 297 cm³/mol. The van der Waals surface area contributed by atoms with Crippen LogP contribution in [0, 0.1) is 5.41 Å². The minimum absolute atomic E-state index is 0.0516. The summed E-state index contributed by atoms with van der Waals surface area (Å²) in [7, 11) is 9.43. The summed E-state index contributed by atoms with van der Waals surface area (Å²) in [6.07, 6.45) is 29.2. The number of nitrogens with one attached hydrogen (secondary N) is 2. The number of halogens is 1. The molecule has 5 aliphatic rings. The molecule has 1 unspecified atom stereocenters. The fraction of sp³-hybridized carbons (Fsp3) is 0.436. The van der Waals surface area contributed by atoms with E-state index in [9.17, 15) is 0 Å². The Morgan fingerprint density at radius 3 is 1.95 bits per heavy atom. The van der Waals surface area contributed by atoms with E-state index in [0.717, 1.165) is 73.1 Å². The topological polar surface area (TPSA) is 254 Å². The number of likely N-dealkylation sites (N-methyl/N-ethyl adjacent to an activating group) is 3. The summed E-state index contributed by atoms with van der Waals surface area (Å²) in [5.74, 6) is 0.806. The van der Waals surface area contributed by atoms with Crippen molar-refractivity contribution in [3.63, 3.8) is 0 Å². The van der Waals surface area contributed by atoms with Crippen molar-refractivity contribution in [1.82, 2.24) is 20.0 Å². The molecule has 0 radical (unpaired) electrons. The predicted octanol–water partition coefficient (Wildman–Crippen LogP) is 9.07. The van der Waals surface area contributed by atoms with Crippen LogP contribution >= 0.6 is 11.6 Å². The number of para-hydroxylation sites is 1. The van der Waals surface area contributed by atoms with E-state index >= 15 is 0 Å². The highest BCUT2D eigenvalue weighted by atomic mass is 35.5. The number of hydrogen-bond donors (Lipinski definition) is 3. The molecule has 74 heavy (non-hydrogen) atoms. The third-order valence-corrected chi connectivity index (χ3v) is 12.0. The molecule has 0 heterocycles. The molecule has 3 N–H and O–H groups in total. The average molecular weight is 1030 g/mol. The molecule has 0 fully saturated rings. The minimum Gasteiger partial charge on any atom is -0.495 e. The molecule has 1 aromatic rings. The molecular weight excluding hydrogens is 954 g/mol. The van der Waals surface area contributed by atoms with Crippen LogP contribution in [0.2, 0.25) is 0 Å². The normalized spacial score (nSPS) is 18.0. The zero-order valence-electron chi connectivity index (χ0n) is 44.9. The van der Waals surface area contributed by atoms with Crippen LogP contribution in [-0.4, -0.2) is 153 Å². The number of methoxy groups -OCH3 is 1. The summed E-state index contributed by atoms with van der Waals surface area (Å²) in [4.78, 5) is 22.0. The number of unbranched alkanes of at least 4 members (excludes halogenated alkanes) is 1. The van der Waals surface area contributed by atoms with Crippen molar-refractivity contribution in [3.8, 4) is 0 Å². The molecule has 0 aromatic heterocycles. The van der Waals surface area contributed by atoms with E-state index in [4.69, 9.17) is 53.8 Å². The molecule has 0 saturated carbocycles. The van der Waals surface area contributed by atoms with Crippen LogP contribution in [0.5, 0.6) is 0 Å². The number of benzene rings is 1. The summed E-state index contributed by atoms with van der Waals surface area (Å²) >= 11 is 6.00. The standard InChI is InChI=1S/C14H15N3.C12H18ClN3O.C11H17N3O.C10H15N3O.C8H11N3/c1-14(9-7-13(17-15)8-10-14)11-16-12-5-3-2-4-6-12;1-4-5-6-17-12-8-10(15-14)9(13)7-11(12)16(2)3;1-4-14(5-2)9-6-7-10(13-12)11(8-9)15-3;1-2-8-3-4-9(13-11)7-10(8)12-5-6-14;1-11(2)8-5-3-7(10-9)4-6-8/h2-10,16H,11H2,1H3;7H,4-6,8H2,1-3H3;6-8,11H,4-5H2,1-3H3;3-4,12,14H,2,5-7H2,1H3;3,5-6H,4H2,1-2H3. The highest BCUT2D eigenvalue weighted by molar-refractivity contribution is 6.43. The Bertz CT molecular complexity index is 2580. The second-order valence-corrected chi connectivity index (χ2v) is 18.0. The molecule has 0 amide bonds. The maximum atomic E-state index is 8.85. The molecule has 5 aliphatic carbocycles. The number of aliphatic hydroxyl groups excluding tert-OH is 1. The first-order chi connectivity index (χ1) is 35.6. The van der Waals surface area contributed by atoms with Crippen molar-refractivity contribution < 1.29 is 38.5 Å². The number of allylic oxidation sites excluding steroid dienone is 13. The van der Waals surface area contributed by atoms with Gasteiger partial charge >= 0.3 is 17.1 Å². The largest absolute Gasteiger partial charge is 0.495 e. The minimum atomic E-state index is -0.254. The van der Waals surface area contributed by atoms with Crippen LogP contribution in [-0.2, 0) is 9.47 Å². The molecule has 0 aliphatic heterocycles. The lowest BCUT2D eigenvalue weighted by Gasteiger charge is -2.24. The monoisotopic (exact) mass is 1030 g/mol. The smallest absolute Gasteiger partial charge is 0.324 e. The Labute approximate surface area is 443 Å². The van der Waals surface area contributed by atoms with Gasteiger partial charge in [-0.25, -0.2) is 0 Å². The van der Waals surface area contributed by atoms with Gasteiger partial charge in [-0.15, -0.1) is 0 Å². The number of hydrogen-bond acceptors (Lipinski definition) is 8. The first kappa shape index (κ1) is 62.6. The molecule has 1 aromatic carbocycles. The maximum Gasteiger partial charge on any atom is 0.324 e. The van der Waals surface area contributed by atoms with E-state index in [2.05, 4.69) is 74.1 Å².